The predicted molar refractivity (Wildman–Crippen MR) is 125 cm³/mol. The zero-order valence-electron chi connectivity index (χ0n) is 18.3. The first-order valence-electron chi connectivity index (χ1n) is 10.8. The molecule has 0 fully saturated rings. The number of carbonyl (C=O) groups is 1. The summed E-state index contributed by atoms with van der Waals surface area (Å²) in [5, 5.41) is 1.04. The van der Waals surface area contributed by atoms with E-state index in [1.54, 1.807) is 11.3 Å². The Kier molecular flexibility index (Phi) is 6.56. The molecule has 0 radical (unpaired) electrons. The zero-order valence-corrected chi connectivity index (χ0v) is 19.1. The van der Waals surface area contributed by atoms with E-state index >= 15 is 0 Å². The molecule has 1 atom stereocenters. The van der Waals surface area contributed by atoms with Gasteiger partial charge in [-0.05, 0) is 63.4 Å². The maximum atomic E-state index is 13.1. The molecular formula is C25H28N2O3S. The van der Waals surface area contributed by atoms with Crippen LogP contribution in [0.1, 0.15) is 36.1 Å². The number of hydrogen-bond donors (Lipinski definition) is 0. The second-order valence-corrected chi connectivity index (χ2v) is 9.10. The maximum Gasteiger partial charge on any atom is 0.268 e. The summed E-state index contributed by atoms with van der Waals surface area (Å²) in [6, 6.07) is 15.9. The Morgan fingerprint density at radius 2 is 1.94 bits per heavy atom. The molecule has 1 aliphatic heterocycles. The van der Waals surface area contributed by atoms with Crippen molar-refractivity contribution in [1.82, 2.24) is 4.98 Å². The lowest BCUT2D eigenvalue weighted by atomic mass is 10.1. The number of thiazole rings is 1. The molecule has 0 bridgehead atoms. The van der Waals surface area contributed by atoms with Gasteiger partial charge in [-0.15, -0.1) is 11.3 Å². The van der Waals surface area contributed by atoms with E-state index < -0.39 is 6.10 Å². The SMILES string of the molecule is CCC1Oc2ccc(-c3nc(C)sc3C)cc2N(CCCCOc2ccccc2)C1=O. The Hall–Kier alpha value is -2.86. The fraction of sp³-hybridized carbons (Fsp3) is 0.360. The van der Waals surface area contributed by atoms with E-state index in [0.717, 1.165) is 46.3 Å². The van der Waals surface area contributed by atoms with Crippen molar-refractivity contribution in [3.63, 3.8) is 0 Å². The van der Waals surface area contributed by atoms with E-state index in [0.29, 0.717) is 19.6 Å². The highest BCUT2D eigenvalue weighted by Gasteiger charge is 2.33. The van der Waals surface area contributed by atoms with Gasteiger partial charge in [-0.25, -0.2) is 4.98 Å². The molecule has 2 heterocycles. The third-order valence-electron chi connectivity index (χ3n) is 5.40. The average molecular weight is 437 g/mol. The fourth-order valence-corrected chi connectivity index (χ4v) is 4.68. The van der Waals surface area contributed by atoms with Gasteiger partial charge < -0.3 is 14.4 Å². The topological polar surface area (TPSA) is 51.7 Å². The van der Waals surface area contributed by atoms with Gasteiger partial charge in [0.2, 0.25) is 0 Å². The van der Waals surface area contributed by atoms with Crippen LogP contribution in [0.5, 0.6) is 11.5 Å². The number of unbranched alkanes of at least 4 members (excludes halogenated alkanes) is 1. The molecule has 6 heteroatoms. The minimum atomic E-state index is -0.429. The molecule has 0 N–H and O–H groups in total. The van der Waals surface area contributed by atoms with Crippen LogP contribution in [0.4, 0.5) is 5.69 Å². The van der Waals surface area contributed by atoms with E-state index in [4.69, 9.17) is 9.47 Å². The number of benzene rings is 2. The number of nitrogens with zero attached hydrogens (tertiary/aromatic N) is 2. The maximum absolute atomic E-state index is 13.1. The highest BCUT2D eigenvalue weighted by molar-refractivity contribution is 7.11. The van der Waals surface area contributed by atoms with Crippen molar-refractivity contribution in [3.05, 3.63) is 58.4 Å². The van der Waals surface area contributed by atoms with Crippen molar-refractivity contribution in [1.29, 1.82) is 0 Å². The quantitative estimate of drug-likeness (QED) is 0.419. The van der Waals surface area contributed by atoms with Crippen LogP contribution in [-0.4, -0.2) is 30.1 Å². The van der Waals surface area contributed by atoms with Gasteiger partial charge in [-0.3, -0.25) is 4.79 Å². The van der Waals surface area contributed by atoms with E-state index in [2.05, 4.69) is 11.9 Å². The van der Waals surface area contributed by atoms with Crippen LogP contribution in [0, 0.1) is 13.8 Å². The molecule has 0 spiro atoms. The minimum Gasteiger partial charge on any atom is -0.494 e. The number of carbonyl (C=O) groups excluding carboxylic acids is 1. The number of aryl methyl sites for hydroxylation is 2. The van der Waals surface area contributed by atoms with Gasteiger partial charge in [0.15, 0.2) is 6.10 Å². The first-order valence-corrected chi connectivity index (χ1v) is 11.6. The number of amides is 1. The van der Waals surface area contributed by atoms with E-state index in [1.165, 1.54) is 4.88 Å². The number of aromatic nitrogens is 1. The normalized spacial score (nSPS) is 15.5. The molecule has 4 rings (SSSR count). The second-order valence-electron chi connectivity index (χ2n) is 7.69. The molecule has 5 nitrogen and oxygen atoms in total. The smallest absolute Gasteiger partial charge is 0.268 e. The van der Waals surface area contributed by atoms with Crippen LogP contribution in [0.15, 0.2) is 48.5 Å². The van der Waals surface area contributed by atoms with Crippen LogP contribution in [0.3, 0.4) is 0 Å². The van der Waals surface area contributed by atoms with E-state index in [1.807, 2.05) is 67.3 Å². The molecule has 1 aromatic heterocycles. The van der Waals surface area contributed by atoms with Gasteiger partial charge in [-0.2, -0.15) is 0 Å². The lowest BCUT2D eigenvalue weighted by Crippen LogP contribution is -2.46. The Balaban J connectivity index is 1.49. The highest BCUT2D eigenvalue weighted by atomic mass is 32.1. The highest BCUT2D eigenvalue weighted by Crippen LogP contribution is 2.39. The first-order chi connectivity index (χ1) is 15.1. The molecule has 2 aromatic carbocycles. The number of fused-ring (bicyclic) bond motifs is 1. The van der Waals surface area contributed by atoms with Crippen molar-refractivity contribution in [2.75, 3.05) is 18.1 Å². The van der Waals surface area contributed by atoms with Crippen LogP contribution in [-0.2, 0) is 4.79 Å². The molecule has 0 aliphatic carbocycles. The molecule has 1 amide bonds. The Morgan fingerprint density at radius 1 is 1.13 bits per heavy atom. The molecule has 1 aliphatic rings. The summed E-state index contributed by atoms with van der Waals surface area (Å²) in [6.07, 6.45) is 1.95. The van der Waals surface area contributed by atoms with Gasteiger partial charge in [0.25, 0.3) is 5.91 Å². The molecular weight excluding hydrogens is 408 g/mol. The molecule has 31 heavy (non-hydrogen) atoms. The Bertz CT molecular complexity index is 1050. The Labute approximate surface area is 187 Å². The number of hydrogen-bond acceptors (Lipinski definition) is 5. The van der Waals surface area contributed by atoms with Gasteiger partial charge in [0.05, 0.1) is 23.0 Å². The van der Waals surface area contributed by atoms with Gasteiger partial charge in [-0.1, -0.05) is 25.1 Å². The van der Waals surface area contributed by atoms with Crippen molar-refractivity contribution >= 4 is 22.9 Å². The summed E-state index contributed by atoms with van der Waals surface area (Å²) in [7, 11) is 0. The van der Waals surface area contributed by atoms with Crippen LogP contribution < -0.4 is 14.4 Å². The summed E-state index contributed by atoms with van der Waals surface area (Å²) in [6.45, 7) is 7.35. The summed E-state index contributed by atoms with van der Waals surface area (Å²) in [5.74, 6) is 1.67. The van der Waals surface area contributed by atoms with Gasteiger partial charge in [0.1, 0.15) is 11.5 Å². The summed E-state index contributed by atoms with van der Waals surface area (Å²) < 4.78 is 11.8. The lowest BCUT2D eigenvalue weighted by Gasteiger charge is -2.34. The number of rotatable bonds is 8. The zero-order chi connectivity index (χ0) is 21.8. The molecule has 0 saturated carbocycles. The third kappa shape index (κ3) is 4.74. The van der Waals surface area contributed by atoms with Crippen LogP contribution in [0.25, 0.3) is 11.3 Å². The predicted octanol–water partition coefficient (Wildman–Crippen LogP) is 5.79. The van der Waals surface area contributed by atoms with Crippen molar-refractivity contribution in [2.45, 2.75) is 46.1 Å². The molecule has 1 unspecified atom stereocenters. The molecule has 0 saturated heterocycles. The van der Waals surface area contributed by atoms with Crippen LogP contribution >= 0.6 is 11.3 Å². The largest absolute Gasteiger partial charge is 0.494 e. The van der Waals surface area contributed by atoms with E-state index in [-0.39, 0.29) is 5.91 Å². The third-order valence-corrected chi connectivity index (χ3v) is 6.28. The fourth-order valence-electron chi connectivity index (χ4n) is 3.84. The second kappa shape index (κ2) is 9.52. The monoisotopic (exact) mass is 436 g/mol. The Morgan fingerprint density at radius 3 is 2.65 bits per heavy atom. The minimum absolute atomic E-state index is 0.0299. The van der Waals surface area contributed by atoms with Gasteiger partial charge in [0, 0.05) is 17.0 Å². The number of para-hydroxylation sites is 1. The molecule has 3 aromatic rings. The van der Waals surface area contributed by atoms with Gasteiger partial charge >= 0.3 is 0 Å². The standard InChI is InChI=1S/C25H28N2O3S/c1-4-22-25(28)27(14-8-9-15-29-20-10-6-5-7-11-20)21-16-19(12-13-23(21)30-22)24-17(2)31-18(3)26-24/h5-7,10-13,16,22H,4,8-9,14-15H2,1-3H3. The lowest BCUT2D eigenvalue weighted by molar-refractivity contribution is -0.126. The van der Waals surface area contributed by atoms with Crippen LogP contribution in [0.2, 0.25) is 0 Å². The van der Waals surface area contributed by atoms with E-state index in [9.17, 15) is 4.79 Å². The summed E-state index contributed by atoms with van der Waals surface area (Å²) >= 11 is 1.69. The first kappa shape index (κ1) is 21.4. The average Bonchev–Trinajstić information content (AvgIpc) is 3.12. The number of ether oxygens (including phenoxy) is 2. The van der Waals surface area contributed by atoms with Crippen molar-refractivity contribution in [2.24, 2.45) is 0 Å². The number of anilines is 1. The molecule has 162 valence electrons. The summed E-state index contributed by atoms with van der Waals surface area (Å²) in [4.78, 5) is 20.8. The van der Waals surface area contributed by atoms with Crippen molar-refractivity contribution in [3.8, 4) is 22.8 Å². The van der Waals surface area contributed by atoms with Crippen molar-refractivity contribution < 1.29 is 14.3 Å². The summed E-state index contributed by atoms with van der Waals surface area (Å²) in [5.41, 5.74) is 2.83.